The number of hydrogen-bond donors (Lipinski definition) is 0. The van der Waals surface area contributed by atoms with Gasteiger partial charge in [-0.25, -0.2) is 0 Å². The molecule has 61 heavy (non-hydrogen) atoms. The van der Waals surface area contributed by atoms with Crippen LogP contribution in [0.3, 0.4) is 0 Å². The first-order valence-electron chi connectivity index (χ1n) is 26.9. The van der Waals surface area contributed by atoms with Gasteiger partial charge in [-0.15, -0.1) is 0 Å². The summed E-state index contributed by atoms with van der Waals surface area (Å²) in [6.07, 6.45) is 59.6. The fourth-order valence-corrected chi connectivity index (χ4v) is 7.92. The van der Waals surface area contributed by atoms with Gasteiger partial charge in [-0.05, 0) is 38.5 Å². The van der Waals surface area contributed by atoms with Crippen LogP contribution in [0.4, 0.5) is 0 Å². The van der Waals surface area contributed by atoms with Gasteiger partial charge in [0.05, 0.1) is 0 Å². The smallest absolute Gasteiger partial charge is 0.550 e. The Balaban J connectivity index is -0.000000396. The number of hydrogen-bond acceptors (Lipinski definition) is 6. The van der Waals surface area contributed by atoms with Crippen LogP contribution in [0.1, 0.15) is 329 Å². The maximum Gasteiger partial charge on any atom is 3.00 e. The number of unbranched alkanes of at least 4 members (excludes halogenated alkanes) is 42. The summed E-state index contributed by atoms with van der Waals surface area (Å²) in [5, 5.41) is 30.7. The predicted molar refractivity (Wildman–Crippen MR) is 254 cm³/mol. The van der Waals surface area contributed by atoms with E-state index in [-0.39, 0.29) is 41.6 Å². The van der Waals surface area contributed by atoms with Gasteiger partial charge in [0.15, 0.2) is 0 Å². The molecule has 0 atom stereocenters. The fourth-order valence-electron chi connectivity index (χ4n) is 7.92. The van der Waals surface area contributed by atoms with Crippen molar-refractivity contribution in [1.82, 2.24) is 0 Å². The molecule has 0 N–H and O–H groups in total. The van der Waals surface area contributed by atoms with Crippen molar-refractivity contribution in [3.63, 3.8) is 0 Å². The second-order valence-electron chi connectivity index (χ2n) is 18.2. The van der Waals surface area contributed by atoms with E-state index in [1.54, 1.807) is 0 Å². The van der Waals surface area contributed by atoms with Crippen LogP contribution in [0.5, 0.6) is 0 Å². The van der Waals surface area contributed by atoms with E-state index in [1.807, 2.05) is 0 Å². The van der Waals surface area contributed by atoms with Crippen molar-refractivity contribution in [2.24, 2.45) is 0 Å². The summed E-state index contributed by atoms with van der Waals surface area (Å²) >= 11 is 0. The van der Waals surface area contributed by atoms with Crippen molar-refractivity contribution in [1.29, 1.82) is 0 Å². The van der Waals surface area contributed by atoms with Crippen molar-refractivity contribution < 1.29 is 52.1 Å². The van der Waals surface area contributed by atoms with E-state index < -0.39 is 17.9 Å². The summed E-state index contributed by atoms with van der Waals surface area (Å²) in [5.74, 6) is -2.71. The first-order valence-corrected chi connectivity index (χ1v) is 26.9. The fraction of sp³-hybridized carbons (Fsp3) is 0.944. The maximum absolute atomic E-state index is 10.2. The van der Waals surface area contributed by atoms with Crippen LogP contribution in [0.15, 0.2) is 0 Å². The van der Waals surface area contributed by atoms with Gasteiger partial charge in [0, 0.05) is 17.9 Å². The summed E-state index contributed by atoms with van der Waals surface area (Å²) in [6, 6.07) is 0. The summed E-state index contributed by atoms with van der Waals surface area (Å²) in [5.41, 5.74) is 0. The largest absolute Gasteiger partial charge is 3.00 e. The van der Waals surface area contributed by atoms with Crippen LogP contribution in [0.2, 0.25) is 0 Å². The molecule has 0 aromatic rings. The van der Waals surface area contributed by atoms with E-state index in [2.05, 4.69) is 20.8 Å². The molecule has 0 aromatic carbocycles. The molecular weight excluding hydrogens is 942 g/mol. The Morgan fingerprint density at radius 1 is 0.213 bits per heavy atom. The van der Waals surface area contributed by atoms with E-state index in [9.17, 15) is 29.7 Å². The number of aliphatic carboxylic acids is 3. The molecule has 0 unspecified atom stereocenters. The molecule has 6 nitrogen and oxygen atoms in total. The minimum atomic E-state index is -0.903. The topological polar surface area (TPSA) is 120 Å². The molecule has 0 aromatic heterocycles. The molecule has 0 heterocycles. The zero-order valence-electron chi connectivity index (χ0n) is 41.2. The van der Waals surface area contributed by atoms with Gasteiger partial charge in [-0.1, -0.05) is 290 Å². The molecule has 0 bridgehead atoms. The molecule has 0 amide bonds. The van der Waals surface area contributed by atoms with Gasteiger partial charge >= 0.3 is 22.4 Å². The number of carbonyl (C=O) groups excluding carboxylic acids is 3. The van der Waals surface area contributed by atoms with Crippen molar-refractivity contribution in [2.75, 3.05) is 0 Å². The Morgan fingerprint density at radius 2 is 0.311 bits per heavy atom. The summed E-state index contributed by atoms with van der Waals surface area (Å²) in [4.78, 5) is 30.7. The molecule has 0 aliphatic rings. The minimum Gasteiger partial charge on any atom is -0.550 e. The van der Waals surface area contributed by atoms with Crippen LogP contribution in [-0.2, 0) is 36.8 Å². The van der Waals surface area contributed by atoms with Gasteiger partial charge in [0.2, 0.25) is 0 Å². The average molecular weight is 1050 g/mol. The Bertz CT molecular complexity index is 717. The Morgan fingerprint density at radius 3 is 0.410 bits per heavy atom. The summed E-state index contributed by atoms with van der Waals surface area (Å²) < 4.78 is 0. The maximum atomic E-state index is 10.2. The van der Waals surface area contributed by atoms with Gasteiger partial charge in [-0.2, -0.15) is 0 Å². The van der Waals surface area contributed by atoms with Crippen molar-refractivity contribution in [2.45, 2.75) is 329 Å². The Kier molecular flexibility index (Phi) is 69.4. The number of carbonyl (C=O) groups is 3. The van der Waals surface area contributed by atoms with E-state index >= 15 is 0 Å². The molecule has 368 valence electrons. The van der Waals surface area contributed by atoms with Crippen LogP contribution in [0.25, 0.3) is 0 Å². The third-order valence-electron chi connectivity index (χ3n) is 12.0. The number of rotatable bonds is 48. The molecular formula is C54H105AuO6. The zero-order valence-corrected chi connectivity index (χ0v) is 43.4. The summed E-state index contributed by atoms with van der Waals surface area (Å²) in [6.45, 7) is 6.80. The van der Waals surface area contributed by atoms with Crippen LogP contribution in [-0.4, -0.2) is 17.9 Å². The van der Waals surface area contributed by atoms with Crippen molar-refractivity contribution >= 4 is 17.9 Å². The van der Waals surface area contributed by atoms with Gasteiger partial charge in [0.25, 0.3) is 0 Å². The second kappa shape index (κ2) is 63.4. The molecule has 7 heteroatoms. The molecule has 0 saturated heterocycles. The Labute approximate surface area is 397 Å². The second-order valence-corrected chi connectivity index (χ2v) is 18.2. The van der Waals surface area contributed by atoms with Crippen LogP contribution >= 0.6 is 0 Å². The molecule has 0 spiro atoms. The van der Waals surface area contributed by atoms with Gasteiger partial charge < -0.3 is 29.7 Å². The van der Waals surface area contributed by atoms with Crippen molar-refractivity contribution in [3.05, 3.63) is 0 Å². The molecule has 0 aliphatic heterocycles. The van der Waals surface area contributed by atoms with E-state index in [1.165, 1.54) is 250 Å². The molecule has 0 fully saturated rings. The molecule has 0 aliphatic carbocycles. The van der Waals surface area contributed by atoms with E-state index in [4.69, 9.17) is 0 Å². The van der Waals surface area contributed by atoms with E-state index in [0.717, 1.165) is 38.5 Å². The zero-order chi connectivity index (χ0) is 44.7. The van der Waals surface area contributed by atoms with Crippen LogP contribution in [0, 0.1) is 0 Å². The van der Waals surface area contributed by atoms with E-state index in [0.29, 0.717) is 0 Å². The quantitative estimate of drug-likeness (QED) is 0.0442. The predicted octanol–water partition coefficient (Wildman–Crippen LogP) is 15.0. The average Bonchev–Trinajstić information content (AvgIpc) is 3.22. The normalized spacial score (nSPS) is 10.7. The molecule has 0 radical (unpaired) electrons. The van der Waals surface area contributed by atoms with Gasteiger partial charge in [-0.3, -0.25) is 0 Å². The number of carboxylic acids is 3. The SMILES string of the molecule is CCCCCCCCCCCCCCCCCC(=O)[O-].CCCCCCCCCCCCCCCCCC(=O)[O-].CCCCCCCCCCCCCCCCCC(=O)[O-].[Au+3]. The minimum absolute atomic E-state index is 0. The summed E-state index contributed by atoms with van der Waals surface area (Å²) in [7, 11) is 0. The number of carboxylic acid groups (broad SMARTS) is 3. The van der Waals surface area contributed by atoms with Crippen LogP contribution < -0.4 is 15.3 Å². The molecule has 0 saturated carbocycles. The van der Waals surface area contributed by atoms with Crippen molar-refractivity contribution in [3.8, 4) is 0 Å². The van der Waals surface area contributed by atoms with Gasteiger partial charge in [0.1, 0.15) is 0 Å². The monoisotopic (exact) mass is 1050 g/mol. The third kappa shape index (κ3) is 76.8. The first kappa shape index (κ1) is 66.7. The third-order valence-corrected chi connectivity index (χ3v) is 12.0. The first-order chi connectivity index (χ1) is 29.3. The molecule has 0 rings (SSSR count). The standard InChI is InChI=1S/3C18H36O2.Au/c3*1-2-3-4-5-6-7-8-9-10-11-12-13-14-15-16-17-18(19)20;/h3*2-17H2,1H3,(H,19,20);/q;;;+3/p-3. The Hall–Kier alpha value is -0.850.